The molecule has 0 aliphatic carbocycles. The summed E-state index contributed by atoms with van der Waals surface area (Å²) in [5, 5.41) is 0. The molecule has 0 atom stereocenters. The molecule has 0 amide bonds. The number of rotatable bonds is 7. The van der Waals surface area contributed by atoms with E-state index in [1.54, 1.807) is 7.05 Å². The number of hydrogen-bond acceptors (Lipinski definition) is 6. The second-order valence-electron chi connectivity index (χ2n) is 8.69. The van der Waals surface area contributed by atoms with Crippen LogP contribution in [0.25, 0.3) is 11.2 Å². The van der Waals surface area contributed by atoms with Crippen molar-refractivity contribution >= 4 is 23.1 Å². The number of fused-ring (bicyclic) bond motifs is 3. The summed E-state index contributed by atoms with van der Waals surface area (Å²) in [5.74, 6) is 0.0361. The first-order valence-electron chi connectivity index (χ1n) is 11.7. The lowest BCUT2D eigenvalue weighted by molar-refractivity contribution is -0.145. The summed E-state index contributed by atoms with van der Waals surface area (Å²) in [6.07, 6.45) is 1.70. The van der Waals surface area contributed by atoms with Crippen molar-refractivity contribution in [2.24, 2.45) is 7.05 Å². The van der Waals surface area contributed by atoms with Crippen LogP contribution in [0.3, 0.4) is 0 Å². The van der Waals surface area contributed by atoms with Crippen molar-refractivity contribution in [2.45, 2.75) is 32.5 Å². The number of nitrogens with zero attached hydrogens (tertiary/aromatic N) is 5. The number of aromatic nitrogens is 4. The van der Waals surface area contributed by atoms with Gasteiger partial charge in [-0.05, 0) is 24.0 Å². The lowest BCUT2D eigenvalue weighted by Crippen LogP contribution is -2.42. The number of benzene rings is 2. The van der Waals surface area contributed by atoms with E-state index in [1.807, 2.05) is 53.1 Å². The van der Waals surface area contributed by atoms with E-state index < -0.39 is 23.8 Å². The Hall–Kier alpha value is -4.14. The number of aryl methyl sites for hydroxylation is 2. The predicted octanol–water partition coefficient (Wildman–Crippen LogP) is 2.09. The van der Waals surface area contributed by atoms with Crippen molar-refractivity contribution in [3.8, 4) is 0 Å². The van der Waals surface area contributed by atoms with Gasteiger partial charge in [-0.25, -0.2) is 9.36 Å². The van der Waals surface area contributed by atoms with Crippen molar-refractivity contribution in [1.29, 1.82) is 0 Å². The zero-order valence-electron chi connectivity index (χ0n) is 19.6. The molecule has 0 bridgehead atoms. The molecule has 5 rings (SSSR count). The Morgan fingerprint density at radius 2 is 1.66 bits per heavy atom. The molecule has 9 heteroatoms. The van der Waals surface area contributed by atoms with Crippen LogP contribution in [-0.2, 0) is 42.7 Å². The monoisotopic (exact) mass is 473 g/mol. The molecule has 1 aliphatic rings. The summed E-state index contributed by atoms with van der Waals surface area (Å²) in [7, 11) is 1.57. The van der Waals surface area contributed by atoms with Crippen LogP contribution in [0.2, 0.25) is 0 Å². The van der Waals surface area contributed by atoms with Crippen molar-refractivity contribution in [1.82, 2.24) is 18.7 Å². The van der Waals surface area contributed by atoms with Crippen molar-refractivity contribution in [2.75, 3.05) is 18.0 Å². The summed E-state index contributed by atoms with van der Waals surface area (Å²) in [6, 6.07) is 19.5. The number of hydrogen-bond donors (Lipinski definition) is 0. The Morgan fingerprint density at radius 3 is 2.37 bits per heavy atom. The zero-order chi connectivity index (χ0) is 24.4. The quantitative estimate of drug-likeness (QED) is 0.382. The first-order valence-corrected chi connectivity index (χ1v) is 11.7. The first-order chi connectivity index (χ1) is 17.0. The van der Waals surface area contributed by atoms with E-state index in [2.05, 4.69) is 22.0 Å². The fourth-order valence-electron chi connectivity index (χ4n) is 4.51. The third kappa shape index (κ3) is 4.49. The van der Waals surface area contributed by atoms with Crippen molar-refractivity contribution in [3.05, 3.63) is 92.6 Å². The van der Waals surface area contributed by atoms with Crippen LogP contribution in [0.4, 0.5) is 5.95 Å². The average molecular weight is 474 g/mol. The molecule has 2 aromatic carbocycles. The maximum absolute atomic E-state index is 13.4. The Labute approximate surface area is 201 Å². The lowest BCUT2D eigenvalue weighted by Gasteiger charge is -2.29. The van der Waals surface area contributed by atoms with Crippen LogP contribution in [0.5, 0.6) is 0 Å². The van der Waals surface area contributed by atoms with Gasteiger partial charge in [-0.3, -0.25) is 14.2 Å². The lowest BCUT2D eigenvalue weighted by atomic mass is 10.1. The standard InChI is InChI=1S/C26H27N5O4/c1-28-23-22(24(33)31(26(28)34)17-21(32)35-18-20-11-6-3-7-12-20)30-15-8-14-29(25(30)27-23)16-13-19-9-4-2-5-10-19/h2-7,9-12H,8,13-18H2,1H3. The van der Waals surface area contributed by atoms with E-state index >= 15 is 0 Å². The molecule has 2 aromatic heterocycles. The van der Waals surface area contributed by atoms with E-state index in [1.165, 1.54) is 10.1 Å². The van der Waals surface area contributed by atoms with Gasteiger partial charge < -0.3 is 14.2 Å². The fourth-order valence-corrected chi connectivity index (χ4v) is 4.51. The first kappa shape index (κ1) is 22.6. The topological polar surface area (TPSA) is 91.4 Å². The van der Waals surface area contributed by atoms with Crippen LogP contribution >= 0.6 is 0 Å². The number of imidazole rings is 1. The molecule has 0 radical (unpaired) electrons. The van der Waals surface area contributed by atoms with Crippen molar-refractivity contribution < 1.29 is 9.53 Å². The van der Waals surface area contributed by atoms with Crippen LogP contribution < -0.4 is 16.1 Å². The average Bonchev–Trinajstić information content (AvgIpc) is 3.29. The maximum atomic E-state index is 13.4. The van der Waals surface area contributed by atoms with E-state index in [0.717, 1.165) is 36.1 Å². The molecule has 4 aromatic rings. The number of ether oxygens (including phenoxy) is 1. The molecule has 0 spiro atoms. The molecule has 9 nitrogen and oxygen atoms in total. The van der Waals surface area contributed by atoms with Crippen LogP contribution in [-0.4, -0.2) is 37.7 Å². The summed E-state index contributed by atoms with van der Waals surface area (Å²) in [5.41, 5.74) is 1.60. The van der Waals surface area contributed by atoms with E-state index in [-0.39, 0.29) is 6.61 Å². The zero-order valence-corrected chi connectivity index (χ0v) is 19.6. The molecule has 3 heterocycles. The summed E-state index contributed by atoms with van der Waals surface area (Å²) < 4.78 is 9.45. The molecule has 1 aliphatic heterocycles. The van der Waals surface area contributed by atoms with Gasteiger partial charge in [0.1, 0.15) is 13.2 Å². The van der Waals surface area contributed by atoms with Gasteiger partial charge in [0.2, 0.25) is 5.95 Å². The van der Waals surface area contributed by atoms with E-state index in [4.69, 9.17) is 4.74 Å². The molecule has 0 fully saturated rings. The highest BCUT2D eigenvalue weighted by Gasteiger charge is 2.26. The Kier molecular flexibility index (Phi) is 6.22. The minimum absolute atomic E-state index is 0.0788. The minimum Gasteiger partial charge on any atom is -0.459 e. The molecule has 0 unspecified atom stereocenters. The molecule has 0 N–H and O–H groups in total. The molecule has 35 heavy (non-hydrogen) atoms. The number of carbonyl (C=O) groups excluding carboxylic acids is 1. The number of esters is 1. The Bertz CT molecular complexity index is 1470. The number of carbonyl (C=O) groups is 1. The van der Waals surface area contributed by atoms with Gasteiger partial charge in [0.25, 0.3) is 5.56 Å². The largest absolute Gasteiger partial charge is 0.459 e. The Morgan fingerprint density at radius 1 is 0.971 bits per heavy atom. The SMILES string of the molecule is Cn1c(=O)n(CC(=O)OCc2ccccc2)c(=O)c2c1nc1n2CCCN1CCc1ccccc1. The van der Waals surface area contributed by atoms with E-state index in [9.17, 15) is 14.4 Å². The second kappa shape index (κ2) is 9.61. The van der Waals surface area contributed by atoms with Gasteiger partial charge in [-0.2, -0.15) is 4.98 Å². The third-order valence-corrected chi connectivity index (χ3v) is 6.35. The van der Waals surface area contributed by atoms with Crippen LogP contribution in [0.1, 0.15) is 17.5 Å². The molecule has 0 saturated heterocycles. The second-order valence-corrected chi connectivity index (χ2v) is 8.69. The van der Waals surface area contributed by atoms with Gasteiger partial charge in [0.15, 0.2) is 11.2 Å². The highest BCUT2D eigenvalue weighted by molar-refractivity contribution is 5.76. The Balaban J connectivity index is 1.43. The molecule has 180 valence electrons. The third-order valence-electron chi connectivity index (χ3n) is 6.35. The smallest absolute Gasteiger partial charge is 0.333 e. The summed E-state index contributed by atoms with van der Waals surface area (Å²) in [6.45, 7) is 1.83. The number of anilines is 1. The van der Waals surface area contributed by atoms with Gasteiger partial charge in [-0.1, -0.05) is 60.7 Å². The van der Waals surface area contributed by atoms with Crippen LogP contribution in [0.15, 0.2) is 70.3 Å². The van der Waals surface area contributed by atoms with Gasteiger partial charge >= 0.3 is 11.7 Å². The normalized spacial score (nSPS) is 13.1. The molecular formula is C26H27N5O4. The molecule has 0 saturated carbocycles. The predicted molar refractivity (Wildman–Crippen MR) is 132 cm³/mol. The van der Waals surface area contributed by atoms with E-state index in [0.29, 0.717) is 23.7 Å². The summed E-state index contributed by atoms with van der Waals surface area (Å²) >= 11 is 0. The van der Waals surface area contributed by atoms with Gasteiger partial charge in [0, 0.05) is 26.7 Å². The van der Waals surface area contributed by atoms with Crippen LogP contribution in [0, 0.1) is 0 Å². The highest BCUT2D eigenvalue weighted by atomic mass is 16.5. The van der Waals surface area contributed by atoms with Crippen molar-refractivity contribution in [3.63, 3.8) is 0 Å². The highest BCUT2D eigenvalue weighted by Crippen LogP contribution is 2.24. The maximum Gasteiger partial charge on any atom is 0.333 e. The van der Waals surface area contributed by atoms with Gasteiger partial charge in [0.05, 0.1) is 0 Å². The fraction of sp³-hybridized carbons (Fsp3) is 0.308. The van der Waals surface area contributed by atoms with Gasteiger partial charge in [-0.15, -0.1) is 0 Å². The minimum atomic E-state index is -0.643. The molecular weight excluding hydrogens is 446 g/mol. The summed E-state index contributed by atoms with van der Waals surface area (Å²) in [4.78, 5) is 45.7.